The van der Waals surface area contributed by atoms with E-state index in [9.17, 15) is 9.18 Å². The number of β-lactam (4-membered cyclic amide) rings is 1. The Morgan fingerprint density at radius 2 is 2.23 bits per heavy atom. The van der Waals surface area contributed by atoms with Crippen LogP contribution in [0.15, 0.2) is 18.2 Å². The molecule has 1 aliphatic rings. The van der Waals surface area contributed by atoms with Crippen molar-refractivity contribution in [2.24, 2.45) is 0 Å². The number of amides is 1. The fourth-order valence-corrected chi connectivity index (χ4v) is 1.29. The number of nitrogens with two attached hydrogens (primary N) is 1. The highest BCUT2D eigenvalue weighted by atomic mass is 19.1. The maximum absolute atomic E-state index is 12.8. The van der Waals surface area contributed by atoms with Crippen LogP contribution in [0.4, 0.5) is 15.8 Å². The molecular weight excluding hydrogens is 171 g/mol. The number of anilines is 2. The van der Waals surface area contributed by atoms with Crippen molar-refractivity contribution in [1.29, 1.82) is 0 Å². The second-order valence-corrected chi connectivity index (χ2v) is 3.00. The summed E-state index contributed by atoms with van der Waals surface area (Å²) in [6.45, 7) is 0.698. The van der Waals surface area contributed by atoms with Crippen molar-refractivity contribution < 1.29 is 9.18 Å². The van der Waals surface area contributed by atoms with E-state index in [1.807, 2.05) is 0 Å². The van der Waals surface area contributed by atoms with Crippen molar-refractivity contribution in [3.8, 4) is 0 Å². The third-order valence-corrected chi connectivity index (χ3v) is 2.14. The Morgan fingerprint density at radius 3 is 2.69 bits per heavy atom. The molecule has 0 unspecified atom stereocenters. The number of benzene rings is 1. The van der Waals surface area contributed by atoms with E-state index >= 15 is 0 Å². The van der Waals surface area contributed by atoms with Crippen molar-refractivity contribution in [3.05, 3.63) is 24.0 Å². The van der Waals surface area contributed by atoms with Crippen molar-refractivity contribution in [2.75, 3.05) is 17.2 Å². The van der Waals surface area contributed by atoms with E-state index < -0.39 is 5.82 Å². The molecule has 68 valence electrons. The Morgan fingerprint density at radius 1 is 1.46 bits per heavy atom. The smallest absolute Gasteiger partial charge is 0.228 e. The third-order valence-electron chi connectivity index (χ3n) is 2.14. The summed E-state index contributed by atoms with van der Waals surface area (Å²) in [5.74, 6) is -0.386. The fourth-order valence-electron chi connectivity index (χ4n) is 1.29. The molecule has 13 heavy (non-hydrogen) atoms. The normalized spacial score (nSPS) is 15.8. The number of hydrogen-bond acceptors (Lipinski definition) is 2. The van der Waals surface area contributed by atoms with E-state index in [-0.39, 0.29) is 11.6 Å². The molecule has 1 aliphatic heterocycles. The molecule has 1 aromatic rings. The maximum Gasteiger partial charge on any atom is 0.228 e. The third kappa shape index (κ3) is 1.24. The molecule has 1 heterocycles. The van der Waals surface area contributed by atoms with Crippen LogP contribution in [0, 0.1) is 5.82 Å². The first kappa shape index (κ1) is 8.04. The van der Waals surface area contributed by atoms with Crippen LogP contribution in [-0.2, 0) is 4.79 Å². The molecule has 1 saturated heterocycles. The fraction of sp³-hybridized carbons (Fsp3) is 0.222. The van der Waals surface area contributed by atoms with Crippen LogP contribution in [0.1, 0.15) is 6.42 Å². The largest absolute Gasteiger partial charge is 0.396 e. The summed E-state index contributed by atoms with van der Waals surface area (Å²) in [7, 11) is 0. The van der Waals surface area contributed by atoms with Gasteiger partial charge in [-0.05, 0) is 18.2 Å². The quantitative estimate of drug-likeness (QED) is 0.520. The number of hydrogen-bond donors (Lipinski definition) is 1. The highest BCUT2D eigenvalue weighted by Gasteiger charge is 2.25. The Balaban J connectivity index is 2.31. The van der Waals surface area contributed by atoms with Gasteiger partial charge in [0, 0.05) is 18.7 Å². The molecule has 4 heteroatoms. The van der Waals surface area contributed by atoms with Crippen molar-refractivity contribution in [2.45, 2.75) is 6.42 Å². The van der Waals surface area contributed by atoms with Crippen LogP contribution < -0.4 is 10.6 Å². The van der Waals surface area contributed by atoms with Crippen LogP contribution in [0.25, 0.3) is 0 Å². The molecular formula is C9H9FN2O. The van der Waals surface area contributed by atoms with Gasteiger partial charge in [-0.25, -0.2) is 4.39 Å². The standard InChI is InChI=1S/C9H9FN2O/c10-7-2-1-6(5-8(7)11)12-4-3-9(12)13/h1-2,5H,3-4,11H2. The monoisotopic (exact) mass is 180 g/mol. The topological polar surface area (TPSA) is 46.3 Å². The second kappa shape index (κ2) is 2.73. The molecule has 3 nitrogen and oxygen atoms in total. The first-order valence-corrected chi connectivity index (χ1v) is 4.04. The number of nitrogen functional groups attached to an aromatic ring is 1. The summed E-state index contributed by atoms with van der Waals surface area (Å²) >= 11 is 0. The van der Waals surface area contributed by atoms with Gasteiger partial charge in [0.25, 0.3) is 0 Å². The van der Waals surface area contributed by atoms with E-state index in [0.717, 1.165) is 0 Å². The zero-order valence-corrected chi connectivity index (χ0v) is 6.96. The van der Waals surface area contributed by atoms with E-state index in [2.05, 4.69) is 0 Å². The Kier molecular flexibility index (Phi) is 1.69. The Hall–Kier alpha value is -1.58. The number of carbonyl (C=O) groups is 1. The molecule has 1 aromatic carbocycles. The van der Waals surface area contributed by atoms with Gasteiger partial charge in [0.15, 0.2) is 0 Å². The molecule has 0 radical (unpaired) electrons. The number of carbonyl (C=O) groups excluding carboxylic acids is 1. The lowest BCUT2D eigenvalue weighted by molar-refractivity contribution is -0.122. The first-order chi connectivity index (χ1) is 6.18. The lowest BCUT2D eigenvalue weighted by atomic mass is 10.1. The van der Waals surface area contributed by atoms with Gasteiger partial charge in [-0.1, -0.05) is 0 Å². The number of nitrogens with zero attached hydrogens (tertiary/aromatic N) is 1. The van der Waals surface area contributed by atoms with Crippen LogP contribution in [0.2, 0.25) is 0 Å². The first-order valence-electron chi connectivity index (χ1n) is 4.04. The molecule has 0 bridgehead atoms. The van der Waals surface area contributed by atoms with Gasteiger partial charge < -0.3 is 10.6 Å². The van der Waals surface area contributed by atoms with Gasteiger partial charge in [-0.15, -0.1) is 0 Å². The molecule has 2 rings (SSSR count). The highest BCUT2D eigenvalue weighted by molar-refractivity contribution is 5.99. The SMILES string of the molecule is Nc1cc(N2CCC2=O)ccc1F. The van der Waals surface area contributed by atoms with E-state index in [1.165, 1.54) is 12.1 Å². The molecule has 0 atom stereocenters. The average molecular weight is 180 g/mol. The highest BCUT2D eigenvalue weighted by Crippen LogP contribution is 2.24. The van der Waals surface area contributed by atoms with Gasteiger partial charge in [-0.3, -0.25) is 4.79 Å². The molecule has 1 amide bonds. The minimum atomic E-state index is -0.447. The lowest BCUT2D eigenvalue weighted by Gasteiger charge is -2.30. The summed E-state index contributed by atoms with van der Waals surface area (Å²) in [5.41, 5.74) is 6.13. The Labute approximate surface area is 74.9 Å². The van der Waals surface area contributed by atoms with Crippen LogP contribution in [-0.4, -0.2) is 12.5 Å². The minimum Gasteiger partial charge on any atom is -0.396 e. The predicted octanol–water partition coefficient (Wildman–Crippen LogP) is 1.14. The van der Waals surface area contributed by atoms with E-state index in [4.69, 9.17) is 5.73 Å². The molecule has 0 spiro atoms. The molecule has 0 aromatic heterocycles. The number of rotatable bonds is 1. The molecule has 2 N–H and O–H groups in total. The zero-order chi connectivity index (χ0) is 9.42. The Bertz CT molecular complexity index is 365. The minimum absolute atomic E-state index is 0.0611. The number of halogens is 1. The average Bonchev–Trinajstić information content (AvgIpc) is 2.09. The molecule has 0 aliphatic carbocycles. The summed E-state index contributed by atoms with van der Waals surface area (Å²) in [5, 5.41) is 0. The van der Waals surface area contributed by atoms with Crippen LogP contribution >= 0.6 is 0 Å². The summed E-state index contributed by atoms with van der Waals surface area (Å²) in [6, 6.07) is 4.31. The van der Waals surface area contributed by atoms with Gasteiger partial charge in [0.1, 0.15) is 5.82 Å². The summed E-state index contributed by atoms with van der Waals surface area (Å²) in [6.07, 6.45) is 0.567. The van der Waals surface area contributed by atoms with Gasteiger partial charge in [-0.2, -0.15) is 0 Å². The van der Waals surface area contributed by atoms with Gasteiger partial charge in [0.2, 0.25) is 5.91 Å². The van der Waals surface area contributed by atoms with Crippen molar-refractivity contribution >= 4 is 17.3 Å². The lowest BCUT2D eigenvalue weighted by Crippen LogP contribution is -2.43. The van der Waals surface area contributed by atoms with E-state index in [0.29, 0.717) is 18.7 Å². The van der Waals surface area contributed by atoms with Crippen LogP contribution in [0.5, 0.6) is 0 Å². The van der Waals surface area contributed by atoms with Crippen LogP contribution in [0.3, 0.4) is 0 Å². The molecule has 0 saturated carbocycles. The summed E-state index contributed by atoms with van der Waals surface area (Å²) < 4.78 is 12.8. The van der Waals surface area contributed by atoms with E-state index in [1.54, 1.807) is 11.0 Å². The zero-order valence-electron chi connectivity index (χ0n) is 6.96. The van der Waals surface area contributed by atoms with Crippen molar-refractivity contribution in [1.82, 2.24) is 0 Å². The predicted molar refractivity (Wildman–Crippen MR) is 47.8 cm³/mol. The maximum atomic E-state index is 12.8. The second-order valence-electron chi connectivity index (χ2n) is 3.00. The van der Waals surface area contributed by atoms with Gasteiger partial charge >= 0.3 is 0 Å². The molecule has 1 fully saturated rings. The van der Waals surface area contributed by atoms with Gasteiger partial charge in [0.05, 0.1) is 5.69 Å². The summed E-state index contributed by atoms with van der Waals surface area (Å²) in [4.78, 5) is 12.6. The van der Waals surface area contributed by atoms with Crippen molar-refractivity contribution in [3.63, 3.8) is 0 Å².